The van der Waals surface area contributed by atoms with Crippen molar-refractivity contribution in [3.63, 3.8) is 0 Å². The van der Waals surface area contributed by atoms with Crippen molar-refractivity contribution in [3.8, 4) is 5.69 Å². The zero-order chi connectivity index (χ0) is 19.5. The lowest BCUT2D eigenvalue weighted by molar-refractivity contribution is 0.565. The first-order valence-corrected chi connectivity index (χ1v) is 11.7. The van der Waals surface area contributed by atoms with Crippen molar-refractivity contribution in [2.75, 3.05) is 13.1 Å². The van der Waals surface area contributed by atoms with Crippen molar-refractivity contribution >= 4 is 43.0 Å². The summed E-state index contributed by atoms with van der Waals surface area (Å²) >= 11 is 6.64. The van der Waals surface area contributed by atoms with Crippen LogP contribution in [0.1, 0.15) is 0 Å². The van der Waals surface area contributed by atoms with Crippen LogP contribution in [0.5, 0.6) is 0 Å². The molecule has 0 aliphatic carbocycles. The van der Waals surface area contributed by atoms with E-state index in [0.717, 1.165) is 17.5 Å². The summed E-state index contributed by atoms with van der Waals surface area (Å²) in [6.45, 7) is -0.287. The Bertz CT molecular complexity index is 1130. The molecule has 1 aromatic carbocycles. The number of hydrogen-bond donors (Lipinski definition) is 2. The first kappa shape index (κ1) is 19.9. The smallest absolute Gasteiger partial charge is 0.209 e. The van der Waals surface area contributed by atoms with Gasteiger partial charge in [0.1, 0.15) is 4.21 Å². The molecule has 0 bridgehead atoms. The van der Waals surface area contributed by atoms with E-state index in [1.54, 1.807) is 30.3 Å². The average molecular weight is 448 g/mol. The Hall–Kier alpha value is -1.83. The average Bonchev–Trinajstić information content (AvgIpc) is 3.29. The van der Waals surface area contributed by atoms with Crippen LogP contribution < -0.4 is 9.44 Å². The van der Waals surface area contributed by atoms with Crippen molar-refractivity contribution in [2.24, 2.45) is 0 Å². The van der Waals surface area contributed by atoms with Crippen LogP contribution in [0.4, 0.5) is 0 Å². The number of rotatable bonds is 8. The molecule has 3 rings (SSSR count). The topological polar surface area (TPSA) is 123 Å². The van der Waals surface area contributed by atoms with Gasteiger partial charge in [-0.25, -0.2) is 31.0 Å². The normalized spacial score (nSPS) is 12.3. The van der Waals surface area contributed by atoms with Gasteiger partial charge in [0.2, 0.25) is 10.0 Å². The predicted octanol–water partition coefficient (Wildman–Crippen LogP) is 1.24. The van der Waals surface area contributed by atoms with Gasteiger partial charge in [-0.15, -0.1) is 16.4 Å². The van der Waals surface area contributed by atoms with Gasteiger partial charge in [0, 0.05) is 13.1 Å². The molecule has 9 nitrogen and oxygen atoms in total. The second-order valence-electron chi connectivity index (χ2n) is 5.17. The molecule has 13 heteroatoms. The molecule has 2 N–H and O–H groups in total. The fraction of sp³-hybridized carbons (Fsp3) is 0.143. The fourth-order valence-corrected chi connectivity index (χ4v) is 5.75. The number of thiophene rings is 1. The van der Waals surface area contributed by atoms with Crippen molar-refractivity contribution < 1.29 is 16.8 Å². The van der Waals surface area contributed by atoms with Crippen LogP contribution in [-0.4, -0.2) is 44.9 Å². The highest BCUT2D eigenvalue weighted by molar-refractivity contribution is 7.91. The van der Waals surface area contributed by atoms with E-state index in [1.807, 2.05) is 0 Å². The van der Waals surface area contributed by atoms with E-state index in [9.17, 15) is 16.8 Å². The minimum Gasteiger partial charge on any atom is -0.209 e. The number of nitrogens with one attached hydrogen (secondary N) is 2. The van der Waals surface area contributed by atoms with E-state index in [4.69, 9.17) is 11.6 Å². The lowest BCUT2D eigenvalue weighted by Gasteiger charge is -2.09. The molecule has 0 atom stereocenters. The number of hydrogen-bond acceptors (Lipinski definition) is 7. The summed E-state index contributed by atoms with van der Waals surface area (Å²) in [5, 5.41) is 7.28. The van der Waals surface area contributed by atoms with Crippen LogP contribution in [0.15, 0.2) is 57.9 Å². The lowest BCUT2D eigenvalue weighted by atomic mass is 10.3. The third-order valence-electron chi connectivity index (χ3n) is 3.32. The van der Waals surface area contributed by atoms with Crippen LogP contribution >= 0.6 is 22.9 Å². The standard InChI is InChI=1S/C14H14ClN5O4S3/c15-12-6-7-14(25-12)27(23,24)18-9-8-17-26(21,22)13-10-16-19-20(13)11-4-2-1-3-5-11/h1-7,10,17-18H,8-9H2. The van der Waals surface area contributed by atoms with Gasteiger partial charge in [0.05, 0.1) is 16.2 Å². The van der Waals surface area contributed by atoms with Gasteiger partial charge in [0.25, 0.3) is 10.0 Å². The molecule has 0 saturated heterocycles. The third-order valence-corrected chi connectivity index (χ3v) is 7.91. The Kier molecular flexibility index (Phi) is 5.93. The van der Waals surface area contributed by atoms with E-state index < -0.39 is 20.0 Å². The highest BCUT2D eigenvalue weighted by Gasteiger charge is 2.22. The first-order valence-electron chi connectivity index (χ1n) is 7.50. The Labute approximate surface area is 165 Å². The van der Waals surface area contributed by atoms with Gasteiger partial charge >= 0.3 is 0 Å². The summed E-state index contributed by atoms with van der Waals surface area (Å²) in [6.07, 6.45) is 1.12. The molecule has 0 radical (unpaired) electrons. The van der Waals surface area contributed by atoms with Crippen LogP contribution in [0.2, 0.25) is 4.34 Å². The predicted molar refractivity (Wildman–Crippen MR) is 101 cm³/mol. The quantitative estimate of drug-likeness (QED) is 0.501. The number of aromatic nitrogens is 3. The number of sulfonamides is 2. The molecule has 0 fully saturated rings. The van der Waals surface area contributed by atoms with E-state index in [0.29, 0.717) is 10.0 Å². The van der Waals surface area contributed by atoms with Gasteiger partial charge in [-0.2, -0.15) is 0 Å². The largest absolute Gasteiger partial charge is 0.259 e. The van der Waals surface area contributed by atoms with Crippen molar-refractivity contribution in [2.45, 2.75) is 9.24 Å². The minimum absolute atomic E-state index is 0.0571. The third kappa shape index (κ3) is 4.72. The van der Waals surface area contributed by atoms with Crippen LogP contribution in [0, 0.1) is 0 Å². The SMILES string of the molecule is O=S(=O)(NCCNS(=O)(=O)c1cnnn1-c1ccccc1)c1ccc(Cl)s1. The van der Waals surface area contributed by atoms with Gasteiger partial charge in [-0.05, 0) is 24.3 Å². The molecule has 0 aliphatic heterocycles. The highest BCUT2D eigenvalue weighted by atomic mass is 35.5. The fourth-order valence-electron chi connectivity index (χ4n) is 2.11. The number of para-hydroxylation sites is 1. The summed E-state index contributed by atoms with van der Waals surface area (Å²) in [5.41, 5.74) is 0.533. The van der Waals surface area contributed by atoms with Crippen LogP contribution in [0.3, 0.4) is 0 Å². The maximum atomic E-state index is 12.5. The summed E-state index contributed by atoms with van der Waals surface area (Å²) < 4.78 is 55.3. The molecule has 0 unspecified atom stereocenters. The molecule has 0 aliphatic rings. The second-order valence-corrected chi connectivity index (χ2v) is 10.6. The van der Waals surface area contributed by atoms with Crippen LogP contribution in [0.25, 0.3) is 5.69 Å². The minimum atomic E-state index is -3.94. The van der Waals surface area contributed by atoms with Crippen molar-refractivity contribution in [1.29, 1.82) is 0 Å². The maximum absolute atomic E-state index is 12.5. The first-order chi connectivity index (χ1) is 12.8. The van der Waals surface area contributed by atoms with Gasteiger partial charge in [0.15, 0.2) is 5.03 Å². The van der Waals surface area contributed by atoms with Gasteiger partial charge in [-0.1, -0.05) is 35.0 Å². The van der Waals surface area contributed by atoms with E-state index in [-0.39, 0.29) is 22.3 Å². The monoisotopic (exact) mass is 447 g/mol. The molecule has 27 heavy (non-hydrogen) atoms. The van der Waals surface area contributed by atoms with Crippen LogP contribution in [-0.2, 0) is 20.0 Å². The zero-order valence-corrected chi connectivity index (χ0v) is 16.8. The number of halogens is 1. The molecule has 3 aromatic rings. The zero-order valence-electron chi connectivity index (χ0n) is 13.6. The molecule has 144 valence electrons. The Morgan fingerprint density at radius 2 is 1.63 bits per heavy atom. The van der Waals surface area contributed by atoms with Gasteiger partial charge in [-0.3, -0.25) is 0 Å². The second kappa shape index (κ2) is 8.04. The summed E-state index contributed by atoms with van der Waals surface area (Å²) in [6, 6.07) is 11.5. The van der Waals surface area contributed by atoms with E-state index in [1.165, 1.54) is 16.8 Å². The summed E-state index contributed by atoms with van der Waals surface area (Å²) in [4.78, 5) is 0. The maximum Gasteiger partial charge on any atom is 0.259 e. The Balaban J connectivity index is 1.64. The Morgan fingerprint density at radius 1 is 0.963 bits per heavy atom. The highest BCUT2D eigenvalue weighted by Crippen LogP contribution is 2.25. The molecular formula is C14H14ClN5O4S3. The lowest BCUT2D eigenvalue weighted by Crippen LogP contribution is -2.35. The summed E-state index contributed by atoms with van der Waals surface area (Å²) in [5.74, 6) is 0. The molecule has 0 saturated carbocycles. The molecule has 0 spiro atoms. The van der Waals surface area contributed by atoms with Crippen molar-refractivity contribution in [1.82, 2.24) is 24.4 Å². The van der Waals surface area contributed by atoms with E-state index >= 15 is 0 Å². The molecule has 2 heterocycles. The summed E-state index contributed by atoms with van der Waals surface area (Å²) in [7, 11) is -7.68. The number of benzene rings is 1. The van der Waals surface area contributed by atoms with Crippen molar-refractivity contribution in [3.05, 3.63) is 53.0 Å². The van der Waals surface area contributed by atoms with E-state index in [2.05, 4.69) is 19.8 Å². The molecule has 2 aromatic heterocycles. The molecule has 0 amide bonds. The number of nitrogens with zero attached hydrogens (tertiary/aromatic N) is 3. The molecular weight excluding hydrogens is 434 g/mol. The Morgan fingerprint density at radius 3 is 2.26 bits per heavy atom. The van der Waals surface area contributed by atoms with Gasteiger partial charge < -0.3 is 0 Å².